The van der Waals surface area contributed by atoms with E-state index >= 15 is 0 Å². The van der Waals surface area contributed by atoms with Gasteiger partial charge in [0.15, 0.2) is 0 Å². The molecule has 0 bridgehead atoms. The van der Waals surface area contributed by atoms with Gasteiger partial charge in [0.05, 0.1) is 22.4 Å². The third-order valence-corrected chi connectivity index (χ3v) is 4.96. The summed E-state index contributed by atoms with van der Waals surface area (Å²) in [4.78, 5) is 40.8. The van der Waals surface area contributed by atoms with E-state index in [0.29, 0.717) is 10.6 Å². The Morgan fingerprint density at radius 2 is 1.75 bits per heavy atom. The van der Waals surface area contributed by atoms with E-state index in [1.54, 1.807) is 38.1 Å². The van der Waals surface area contributed by atoms with Gasteiger partial charge in [0.1, 0.15) is 0 Å². The van der Waals surface area contributed by atoms with E-state index in [2.05, 4.69) is 0 Å². The molecule has 0 saturated heterocycles. The van der Waals surface area contributed by atoms with Gasteiger partial charge >= 0.3 is 5.97 Å². The second kappa shape index (κ2) is 9.03. The fourth-order valence-electron chi connectivity index (χ4n) is 2.19. The molecule has 0 fully saturated rings. The van der Waals surface area contributed by atoms with Crippen LogP contribution in [0.2, 0.25) is 5.02 Å². The van der Waals surface area contributed by atoms with Crippen LogP contribution in [0.1, 0.15) is 29.8 Å². The number of halogens is 2. The van der Waals surface area contributed by atoms with Crippen molar-refractivity contribution < 1.29 is 19.3 Å². The molecule has 0 atom stereocenters. The first-order valence-electron chi connectivity index (χ1n) is 8.24. The van der Waals surface area contributed by atoms with Gasteiger partial charge in [0.2, 0.25) is 0 Å². The maximum Gasteiger partial charge on any atom is 0.363 e. The summed E-state index contributed by atoms with van der Waals surface area (Å²) in [6.45, 7) is 3.18. The summed E-state index contributed by atoms with van der Waals surface area (Å²) >= 11 is 12.0. The van der Waals surface area contributed by atoms with Crippen molar-refractivity contribution in [1.82, 2.24) is 5.06 Å². The van der Waals surface area contributed by atoms with Gasteiger partial charge in [0.25, 0.3) is 11.6 Å². The maximum atomic E-state index is 12.9. The lowest BCUT2D eigenvalue weighted by Gasteiger charge is -2.29. The second-order valence-electron chi connectivity index (χ2n) is 6.63. The molecule has 9 heteroatoms. The van der Waals surface area contributed by atoms with E-state index in [9.17, 15) is 19.7 Å². The number of alkyl halides is 1. The molecule has 0 unspecified atom stereocenters. The normalized spacial score (nSPS) is 11.0. The molecule has 0 aliphatic rings. The van der Waals surface area contributed by atoms with Crippen molar-refractivity contribution in [2.75, 3.05) is 5.88 Å². The Labute approximate surface area is 171 Å². The number of benzene rings is 2. The number of nitro benzene ring substituents is 1. The molecule has 1 amide bonds. The van der Waals surface area contributed by atoms with Crippen molar-refractivity contribution in [3.63, 3.8) is 0 Å². The molecule has 28 heavy (non-hydrogen) atoms. The smallest absolute Gasteiger partial charge is 0.332 e. The number of rotatable bonds is 6. The molecule has 0 aliphatic heterocycles. The monoisotopic (exact) mass is 424 g/mol. The minimum absolute atomic E-state index is 0.0138. The summed E-state index contributed by atoms with van der Waals surface area (Å²) in [5.74, 6) is -1.32. The van der Waals surface area contributed by atoms with E-state index in [-0.39, 0.29) is 23.7 Å². The minimum atomic E-state index is -0.988. The lowest BCUT2D eigenvalue weighted by Crippen LogP contribution is -2.42. The molecule has 0 N–H and O–H groups in total. The lowest BCUT2D eigenvalue weighted by molar-refractivity contribution is -0.384. The third-order valence-electron chi connectivity index (χ3n) is 3.92. The molecule has 2 aromatic carbocycles. The van der Waals surface area contributed by atoms with E-state index < -0.39 is 22.2 Å². The number of non-ortho nitro benzene ring substituents is 1. The number of hydrogen-bond acceptors (Lipinski definition) is 5. The first-order valence-corrected chi connectivity index (χ1v) is 9.15. The standard InChI is InChI=1S/C19H18Cl2N2O5/c1-19(2,12-20)18(25)22(11-14-5-3-4-6-16(14)21)28-17(24)13-7-9-15(10-8-13)23(26)27/h3-10H,11-12H2,1-2H3. The van der Waals surface area contributed by atoms with Gasteiger partial charge in [-0.1, -0.05) is 29.8 Å². The van der Waals surface area contributed by atoms with Crippen molar-refractivity contribution >= 4 is 40.8 Å². The van der Waals surface area contributed by atoms with E-state index in [0.717, 1.165) is 5.06 Å². The Kier molecular flexibility index (Phi) is 6.99. The molecular weight excluding hydrogens is 407 g/mol. The topological polar surface area (TPSA) is 89.8 Å². The maximum absolute atomic E-state index is 12.9. The van der Waals surface area contributed by atoms with Crippen molar-refractivity contribution in [3.05, 3.63) is 74.8 Å². The molecule has 0 aromatic heterocycles. The van der Waals surface area contributed by atoms with Crippen LogP contribution in [-0.4, -0.2) is 27.7 Å². The van der Waals surface area contributed by atoms with E-state index in [1.165, 1.54) is 24.3 Å². The molecule has 7 nitrogen and oxygen atoms in total. The van der Waals surface area contributed by atoms with Crippen LogP contribution in [-0.2, 0) is 16.2 Å². The Balaban J connectivity index is 2.28. The van der Waals surface area contributed by atoms with Crippen LogP contribution < -0.4 is 0 Å². The number of carbonyl (C=O) groups is 2. The highest BCUT2D eigenvalue weighted by molar-refractivity contribution is 6.31. The SMILES string of the molecule is CC(C)(CCl)C(=O)N(Cc1ccccc1Cl)OC(=O)c1ccc([N+](=O)[O-])cc1. The predicted molar refractivity (Wildman–Crippen MR) is 105 cm³/mol. The zero-order valence-electron chi connectivity index (χ0n) is 15.2. The van der Waals surface area contributed by atoms with Gasteiger partial charge in [-0.05, 0) is 37.6 Å². The summed E-state index contributed by atoms with van der Waals surface area (Å²) in [5.41, 5.74) is -0.507. The molecule has 0 heterocycles. The first-order chi connectivity index (χ1) is 13.2. The van der Waals surface area contributed by atoms with Crippen molar-refractivity contribution in [2.45, 2.75) is 20.4 Å². The van der Waals surface area contributed by atoms with Crippen LogP contribution in [0.25, 0.3) is 0 Å². The van der Waals surface area contributed by atoms with Crippen LogP contribution in [0.4, 0.5) is 5.69 Å². The summed E-state index contributed by atoms with van der Waals surface area (Å²) in [6, 6.07) is 11.7. The largest absolute Gasteiger partial charge is 0.363 e. The van der Waals surface area contributed by atoms with Gasteiger partial charge in [-0.2, -0.15) is 5.06 Å². The lowest BCUT2D eigenvalue weighted by atomic mass is 9.95. The molecular formula is C19H18Cl2N2O5. The fourth-order valence-corrected chi connectivity index (χ4v) is 2.50. The van der Waals surface area contributed by atoms with Crippen LogP contribution in [0.5, 0.6) is 0 Å². The summed E-state index contributed by atoms with van der Waals surface area (Å²) in [7, 11) is 0. The van der Waals surface area contributed by atoms with Gasteiger partial charge < -0.3 is 4.84 Å². The highest BCUT2D eigenvalue weighted by Gasteiger charge is 2.34. The van der Waals surface area contributed by atoms with Gasteiger partial charge in [-0.25, -0.2) is 4.79 Å². The first kappa shape index (κ1) is 21.7. The number of hydroxylamine groups is 2. The van der Waals surface area contributed by atoms with Gasteiger partial charge in [-0.3, -0.25) is 14.9 Å². The van der Waals surface area contributed by atoms with Crippen LogP contribution in [0.3, 0.4) is 0 Å². The number of amides is 1. The number of nitrogens with zero attached hydrogens (tertiary/aromatic N) is 2. The zero-order valence-corrected chi connectivity index (χ0v) is 16.7. The Morgan fingerprint density at radius 3 is 2.29 bits per heavy atom. The molecule has 148 valence electrons. The van der Waals surface area contributed by atoms with Gasteiger partial charge in [-0.15, -0.1) is 11.6 Å². The highest BCUT2D eigenvalue weighted by Crippen LogP contribution is 2.25. The molecule has 0 saturated carbocycles. The quantitative estimate of drug-likeness (QED) is 0.383. The summed E-state index contributed by atoms with van der Waals surface area (Å²) in [6.07, 6.45) is 0. The third kappa shape index (κ3) is 5.21. The molecule has 0 aliphatic carbocycles. The number of hydrogen-bond donors (Lipinski definition) is 0. The Morgan fingerprint density at radius 1 is 1.14 bits per heavy atom. The zero-order chi connectivity index (χ0) is 20.9. The van der Waals surface area contributed by atoms with Crippen molar-refractivity contribution in [2.24, 2.45) is 5.41 Å². The van der Waals surface area contributed by atoms with Crippen molar-refractivity contribution in [3.8, 4) is 0 Å². The molecule has 0 spiro atoms. The second-order valence-corrected chi connectivity index (χ2v) is 7.31. The number of carbonyl (C=O) groups excluding carboxylic acids is 2. The minimum Gasteiger partial charge on any atom is -0.332 e. The number of nitro groups is 1. The Bertz CT molecular complexity index is 884. The van der Waals surface area contributed by atoms with Crippen molar-refractivity contribution in [1.29, 1.82) is 0 Å². The molecule has 2 rings (SSSR count). The van der Waals surface area contributed by atoms with Crippen LogP contribution in [0, 0.1) is 15.5 Å². The van der Waals surface area contributed by atoms with E-state index in [1.807, 2.05) is 0 Å². The highest BCUT2D eigenvalue weighted by atomic mass is 35.5. The summed E-state index contributed by atoms with van der Waals surface area (Å²) < 4.78 is 0. The van der Waals surface area contributed by atoms with Gasteiger partial charge in [0, 0.05) is 23.0 Å². The average Bonchev–Trinajstić information content (AvgIpc) is 2.68. The Hall–Kier alpha value is -2.64. The van der Waals surface area contributed by atoms with Crippen LogP contribution in [0.15, 0.2) is 48.5 Å². The predicted octanol–water partition coefficient (Wildman–Crippen LogP) is 4.61. The average molecular weight is 425 g/mol. The fraction of sp³-hybridized carbons (Fsp3) is 0.263. The van der Waals surface area contributed by atoms with E-state index in [4.69, 9.17) is 28.0 Å². The molecule has 0 radical (unpaired) electrons. The summed E-state index contributed by atoms with van der Waals surface area (Å²) in [5, 5.41) is 12.1. The van der Waals surface area contributed by atoms with Crippen LogP contribution >= 0.6 is 23.2 Å². The molecule has 2 aromatic rings.